The van der Waals surface area contributed by atoms with Crippen LogP contribution in [0.3, 0.4) is 0 Å². The standard InChI is InChI=1S/C24H22N4O4/c1-2-28-24(31)18-9-4-3-8-17(18)22(27-28)23(30)26-25-21(29)12-16-13-32-20-11-15-7-5-6-14(15)10-19(16)20/h3-4,8-11,13H,2,5-7,12H2,1H3,(H,25,29)(H,26,30). The highest BCUT2D eigenvalue weighted by molar-refractivity contribution is 6.05. The molecule has 32 heavy (non-hydrogen) atoms. The lowest BCUT2D eigenvalue weighted by Gasteiger charge is -2.11. The minimum atomic E-state index is -0.591. The summed E-state index contributed by atoms with van der Waals surface area (Å²) in [5.41, 5.74) is 8.83. The Balaban J connectivity index is 1.33. The SMILES string of the molecule is CCn1nc(C(=O)NNC(=O)Cc2coc3cc4c(cc23)CCC4)c2ccccc2c1=O. The van der Waals surface area contributed by atoms with Crippen molar-refractivity contribution in [3.63, 3.8) is 0 Å². The number of rotatable bonds is 4. The number of hydrazine groups is 1. The van der Waals surface area contributed by atoms with Crippen molar-refractivity contribution in [2.45, 2.75) is 39.2 Å². The zero-order chi connectivity index (χ0) is 22.2. The van der Waals surface area contributed by atoms with Crippen LogP contribution >= 0.6 is 0 Å². The summed E-state index contributed by atoms with van der Waals surface area (Å²) in [4.78, 5) is 37.7. The Hall–Kier alpha value is -3.94. The molecule has 2 N–H and O–H groups in total. The van der Waals surface area contributed by atoms with Crippen LogP contribution in [0.25, 0.3) is 21.7 Å². The van der Waals surface area contributed by atoms with Crippen molar-refractivity contribution in [1.29, 1.82) is 0 Å². The Kier molecular flexibility index (Phi) is 4.97. The Morgan fingerprint density at radius 3 is 2.59 bits per heavy atom. The number of amides is 2. The van der Waals surface area contributed by atoms with Crippen LogP contribution in [0.4, 0.5) is 0 Å². The van der Waals surface area contributed by atoms with Gasteiger partial charge in [-0.2, -0.15) is 5.10 Å². The van der Waals surface area contributed by atoms with Gasteiger partial charge < -0.3 is 4.42 Å². The van der Waals surface area contributed by atoms with Crippen molar-refractivity contribution >= 4 is 33.6 Å². The highest BCUT2D eigenvalue weighted by atomic mass is 16.3. The number of aryl methyl sites for hydroxylation is 3. The van der Waals surface area contributed by atoms with Gasteiger partial charge in [0, 0.05) is 22.9 Å². The van der Waals surface area contributed by atoms with E-state index in [-0.39, 0.29) is 23.6 Å². The lowest BCUT2D eigenvalue weighted by Crippen LogP contribution is -2.43. The van der Waals surface area contributed by atoms with Crippen molar-refractivity contribution in [2.24, 2.45) is 0 Å². The fraction of sp³-hybridized carbons (Fsp3) is 0.250. The molecule has 0 spiro atoms. The fourth-order valence-corrected chi connectivity index (χ4v) is 4.30. The van der Waals surface area contributed by atoms with Gasteiger partial charge in [0.2, 0.25) is 5.91 Å². The van der Waals surface area contributed by atoms with Crippen LogP contribution in [0.5, 0.6) is 0 Å². The minimum Gasteiger partial charge on any atom is -0.464 e. The summed E-state index contributed by atoms with van der Waals surface area (Å²) >= 11 is 0. The van der Waals surface area contributed by atoms with Gasteiger partial charge in [0.25, 0.3) is 11.5 Å². The molecule has 0 saturated carbocycles. The van der Waals surface area contributed by atoms with Gasteiger partial charge in [-0.15, -0.1) is 0 Å². The topological polar surface area (TPSA) is 106 Å². The smallest absolute Gasteiger partial charge is 0.290 e. The second-order valence-electron chi connectivity index (χ2n) is 7.93. The highest BCUT2D eigenvalue weighted by Gasteiger charge is 2.19. The molecule has 0 bridgehead atoms. The van der Waals surface area contributed by atoms with Crippen molar-refractivity contribution in [1.82, 2.24) is 20.6 Å². The van der Waals surface area contributed by atoms with Crippen LogP contribution in [-0.2, 0) is 30.6 Å². The van der Waals surface area contributed by atoms with E-state index in [1.807, 2.05) is 0 Å². The van der Waals surface area contributed by atoms with E-state index in [1.54, 1.807) is 37.5 Å². The lowest BCUT2D eigenvalue weighted by molar-refractivity contribution is -0.121. The summed E-state index contributed by atoms with van der Waals surface area (Å²) in [5, 5.41) is 5.93. The van der Waals surface area contributed by atoms with Crippen LogP contribution in [-0.4, -0.2) is 21.6 Å². The summed E-state index contributed by atoms with van der Waals surface area (Å²) in [7, 11) is 0. The first-order chi connectivity index (χ1) is 15.5. The van der Waals surface area contributed by atoms with Crippen LogP contribution in [0, 0.1) is 0 Å². The number of hydrogen-bond acceptors (Lipinski definition) is 5. The molecule has 4 aromatic rings. The van der Waals surface area contributed by atoms with Crippen LogP contribution in [0.1, 0.15) is 40.5 Å². The molecule has 1 aliphatic carbocycles. The van der Waals surface area contributed by atoms with E-state index >= 15 is 0 Å². The quantitative estimate of drug-likeness (QED) is 0.484. The number of nitrogens with one attached hydrogen (secondary N) is 2. The largest absolute Gasteiger partial charge is 0.464 e. The molecular formula is C24H22N4O4. The van der Waals surface area contributed by atoms with Crippen LogP contribution < -0.4 is 16.4 Å². The molecule has 0 unspecified atom stereocenters. The summed E-state index contributed by atoms with van der Waals surface area (Å²) in [6, 6.07) is 10.9. The number of aromatic nitrogens is 2. The Morgan fingerprint density at radius 2 is 1.81 bits per heavy atom. The number of carbonyl (C=O) groups is 2. The number of hydrogen-bond donors (Lipinski definition) is 2. The van der Waals surface area contributed by atoms with Gasteiger partial charge in [-0.1, -0.05) is 18.2 Å². The molecule has 0 fully saturated rings. The third-order valence-corrected chi connectivity index (χ3v) is 5.92. The molecule has 2 amide bonds. The number of fused-ring (bicyclic) bond motifs is 3. The van der Waals surface area contributed by atoms with E-state index in [4.69, 9.17) is 4.42 Å². The van der Waals surface area contributed by atoms with Gasteiger partial charge in [-0.25, -0.2) is 4.68 Å². The Morgan fingerprint density at radius 1 is 1.06 bits per heavy atom. The monoisotopic (exact) mass is 430 g/mol. The van der Waals surface area contributed by atoms with E-state index in [2.05, 4.69) is 28.1 Å². The summed E-state index contributed by atoms with van der Waals surface area (Å²) in [6.45, 7) is 2.10. The molecule has 0 radical (unpaired) electrons. The number of benzene rings is 2. The van der Waals surface area contributed by atoms with Crippen molar-refractivity contribution in [3.8, 4) is 0 Å². The van der Waals surface area contributed by atoms with Gasteiger partial charge in [0.15, 0.2) is 5.69 Å². The van der Waals surface area contributed by atoms with E-state index < -0.39 is 5.91 Å². The van der Waals surface area contributed by atoms with Gasteiger partial charge in [0.05, 0.1) is 18.1 Å². The second kappa shape index (κ2) is 7.96. The summed E-state index contributed by atoms with van der Waals surface area (Å²) < 4.78 is 6.88. The Labute approximate surface area is 183 Å². The summed E-state index contributed by atoms with van der Waals surface area (Å²) in [5.74, 6) is -0.971. The Bertz CT molecular complexity index is 1430. The molecule has 0 aliphatic heterocycles. The lowest BCUT2D eigenvalue weighted by atomic mass is 10.0. The third kappa shape index (κ3) is 3.43. The first kappa shape index (κ1) is 20.0. The number of furan rings is 1. The molecule has 2 aromatic carbocycles. The molecular weight excluding hydrogens is 408 g/mol. The molecule has 8 heteroatoms. The molecule has 1 aliphatic rings. The molecule has 0 saturated heterocycles. The van der Waals surface area contributed by atoms with E-state index in [9.17, 15) is 14.4 Å². The number of nitrogens with zero attached hydrogens (tertiary/aromatic N) is 2. The molecule has 2 aromatic heterocycles. The average molecular weight is 430 g/mol. The van der Waals surface area contributed by atoms with Crippen molar-refractivity contribution in [3.05, 3.63) is 75.4 Å². The molecule has 5 rings (SSSR count). The highest BCUT2D eigenvalue weighted by Crippen LogP contribution is 2.30. The first-order valence-electron chi connectivity index (χ1n) is 10.7. The maximum absolute atomic E-state index is 12.8. The normalized spacial score (nSPS) is 12.8. The average Bonchev–Trinajstić information content (AvgIpc) is 3.43. The predicted octanol–water partition coefficient (Wildman–Crippen LogP) is 2.66. The predicted molar refractivity (Wildman–Crippen MR) is 119 cm³/mol. The maximum atomic E-state index is 12.8. The molecule has 162 valence electrons. The van der Waals surface area contributed by atoms with E-state index in [1.165, 1.54) is 15.8 Å². The van der Waals surface area contributed by atoms with Gasteiger partial charge >= 0.3 is 0 Å². The van der Waals surface area contributed by atoms with Gasteiger partial charge in [0.1, 0.15) is 5.58 Å². The van der Waals surface area contributed by atoms with E-state index in [0.29, 0.717) is 17.3 Å². The molecule has 8 nitrogen and oxygen atoms in total. The number of carbonyl (C=O) groups excluding carboxylic acids is 2. The van der Waals surface area contributed by atoms with Crippen LogP contribution in [0.2, 0.25) is 0 Å². The molecule has 0 atom stereocenters. The summed E-state index contributed by atoms with van der Waals surface area (Å²) in [6.07, 6.45) is 4.89. The zero-order valence-corrected chi connectivity index (χ0v) is 17.6. The van der Waals surface area contributed by atoms with Crippen molar-refractivity contribution in [2.75, 3.05) is 0 Å². The minimum absolute atomic E-state index is 0.0642. The third-order valence-electron chi connectivity index (χ3n) is 5.92. The van der Waals surface area contributed by atoms with Gasteiger partial charge in [-0.3, -0.25) is 25.2 Å². The second-order valence-corrected chi connectivity index (χ2v) is 7.93. The van der Waals surface area contributed by atoms with E-state index in [0.717, 1.165) is 35.8 Å². The maximum Gasteiger partial charge on any atom is 0.290 e. The van der Waals surface area contributed by atoms with Gasteiger partial charge in [-0.05, 0) is 55.5 Å². The van der Waals surface area contributed by atoms with Crippen molar-refractivity contribution < 1.29 is 14.0 Å². The van der Waals surface area contributed by atoms with Crippen LogP contribution in [0.15, 0.2) is 51.9 Å². The first-order valence-corrected chi connectivity index (χ1v) is 10.7. The zero-order valence-electron chi connectivity index (χ0n) is 17.6. The molecule has 2 heterocycles. The fourth-order valence-electron chi connectivity index (χ4n) is 4.30.